The number of rotatable bonds is 4. The van der Waals surface area contributed by atoms with Gasteiger partial charge in [-0.25, -0.2) is 9.67 Å². The fraction of sp³-hybridized carbons (Fsp3) is 0.438. The molecule has 0 bridgehead atoms. The predicted octanol–water partition coefficient (Wildman–Crippen LogP) is 1.14. The summed E-state index contributed by atoms with van der Waals surface area (Å²) in [4.78, 5) is 20.3. The van der Waals surface area contributed by atoms with E-state index in [1.807, 2.05) is 18.2 Å². The summed E-state index contributed by atoms with van der Waals surface area (Å²) in [5.41, 5.74) is 1.71. The molecular weight excluding hydrogens is 322 g/mol. The minimum atomic E-state index is -0.318. The lowest BCUT2D eigenvalue weighted by Gasteiger charge is -2.12. The van der Waals surface area contributed by atoms with Crippen molar-refractivity contribution < 1.29 is 9.53 Å². The molecule has 2 N–H and O–H groups in total. The average Bonchev–Trinajstić information content (AvgIpc) is 3.21. The van der Waals surface area contributed by atoms with Gasteiger partial charge < -0.3 is 15.0 Å². The molecule has 0 spiro atoms. The molecule has 1 aliphatic heterocycles. The third-order valence-electron chi connectivity index (χ3n) is 4.47. The van der Waals surface area contributed by atoms with Crippen molar-refractivity contribution >= 4 is 16.9 Å². The van der Waals surface area contributed by atoms with Crippen molar-refractivity contribution in [2.75, 3.05) is 7.11 Å². The summed E-state index contributed by atoms with van der Waals surface area (Å²) in [5, 5.41) is 14.6. The van der Waals surface area contributed by atoms with Crippen molar-refractivity contribution in [1.29, 1.82) is 0 Å². The number of H-pyrrole nitrogens is 1. The number of carbonyl (C=O) groups is 1. The number of aromatic amines is 1. The van der Waals surface area contributed by atoms with E-state index in [2.05, 4.69) is 30.8 Å². The van der Waals surface area contributed by atoms with Crippen LogP contribution >= 0.6 is 0 Å². The van der Waals surface area contributed by atoms with Crippen LogP contribution in [0.25, 0.3) is 11.0 Å². The topological polar surface area (TPSA) is 111 Å². The standard InChI is InChI=1S/C16H19N7O2/c1-25-10-5-6-12-13(8-10)19-14(18-12)9-17-16(24)11-4-2-3-7-23-15(11)20-21-22-23/h5-6,8,11H,2-4,7,9H2,1H3,(H,17,24)(H,18,19). The average molecular weight is 341 g/mol. The van der Waals surface area contributed by atoms with Crippen LogP contribution in [0.3, 0.4) is 0 Å². The van der Waals surface area contributed by atoms with E-state index in [1.54, 1.807) is 11.8 Å². The monoisotopic (exact) mass is 341 g/mol. The summed E-state index contributed by atoms with van der Waals surface area (Å²) in [5.74, 6) is 1.71. The zero-order valence-electron chi connectivity index (χ0n) is 13.9. The molecule has 3 aromatic rings. The van der Waals surface area contributed by atoms with Crippen LogP contribution in [0.15, 0.2) is 18.2 Å². The van der Waals surface area contributed by atoms with Crippen molar-refractivity contribution in [3.05, 3.63) is 29.8 Å². The summed E-state index contributed by atoms with van der Waals surface area (Å²) < 4.78 is 6.93. The number of nitrogens with one attached hydrogen (secondary N) is 2. The maximum absolute atomic E-state index is 12.6. The van der Waals surface area contributed by atoms with Crippen LogP contribution in [-0.2, 0) is 17.9 Å². The Balaban J connectivity index is 1.47. The molecule has 130 valence electrons. The van der Waals surface area contributed by atoms with Gasteiger partial charge in [-0.3, -0.25) is 4.79 Å². The van der Waals surface area contributed by atoms with Gasteiger partial charge in [0.2, 0.25) is 5.91 Å². The number of carbonyl (C=O) groups excluding carboxylic acids is 1. The van der Waals surface area contributed by atoms with Crippen molar-refractivity contribution in [3.8, 4) is 5.75 Å². The first-order chi connectivity index (χ1) is 12.2. The second kappa shape index (κ2) is 6.50. The second-order valence-corrected chi connectivity index (χ2v) is 6.09. The number of tetrazole rings is 1. The number of imidazole rings is 1. The quantitative estimate of drug-likeness (QED) is 0.736. The number of aromatic nitrogens is 6. The Kier molecular flexibility index (Phi) is 4.04. The van der Waals surface area contributed by atoms with Gasteiger partial charge >= 0.3 is 0 Å². The van der Waals surface area contributed by atoms with Gasteiger partial charge in [0.25, 0.3) is 0 Å². The molecule has 0 aliphatic carbocycles. The zero-order chi connectivity index (χ0) is 17.2. The molecule has 9 heteroatoms. The van der Waals surface area contributed by atoms with Gasteiger partial charge in [0.15, 0.2) is 5.82 Å². The highest BCUT2D eigenvalue weighted by molar-refractivity contribution is 5.83. The molecule has 0 saturated carbocycles. The number of benzene rings is 1. The Labute approximate surface area is 143 Å². The maximum atomic E-state index is 12.6. The lowest BCUT2D eigenvalue weighted by molar-refractivity contribution is -0.123. The number of ether oxygens (including phenoxy) is 1. The first-order valence-electron chi connectivity index (χ1n) is 8.31. The number of amides is 1. The number of methoxy groups -OCH3 is 1. The van der Waals surface area contributed by atoms with Crippen LogP contribution in [0.4, 0.5) is 0 Å². The third kappa shape index (κ3) is 3.04. The van der Waals surface area contributed by atoms with E-state index in [4.69, 9.17) is 4.74 Å². The highest BCUT2D eigenvalue weighted by atomic mass is 16.5. The van der Waals surface area contributed by atoms with E-state index >= 15 is 0 Å². The van der Waals surface area contributed by atoms with Gasteiger partial charge in [-0.05, 0) is 35.4 Å². The van der Waals surface area contributed by atoms with E-state index in [0.717, 1.165) is 42.6 Å². The Morgan fingerprint density at radius 3 is 3.24 bits per heavy atom. The van der Waals surface area contributed by atoms with Crippen molar-refractivity contribution in [2.45, 2.75) is 38.3 Å². The summed E-state index contributed by atoms with van der Waals surface area (Å²) >= 11 is 0. The molecule has 9 nitrogen and oxygen atoms in total. The fourth-order valence-corrected chi connectivity index (χ4v) is 3.15. The maximum Gasteiger partial charge on any atom is 0.231 e. The van der Waals surface area contributed by atoms with Crippen molar-refractivity contribution in [3.63, 3.8) is 0 Å². The van der Waals surface area contributed by atoms with Gasteiger partial charge in [-0.1, -0.05) is 6.42 Å². The van der Waals surface area contributed by atoms with Crippen molar-refractivity contribution in [1.82, 2.24) is 35.5 Å². The molecule has 1 amide bonds. The van der Waals surface area contributed by atoms with E-state index in [9.17, 15) is 4.79 Å². The Morgan fingerprint density at radius 1 is 1.44 bits per heavy atom. The normalized spacial score (nSPS) is 17.1. The first-order valence-corrected chi connectivity index (χ1v) is 8.31. The molecule has 0 radical (unpaired) electrons. The Hall–Kier alpha value is -2.97. The number of fused-ring (bicyclic) bond motifs is 2. The van der Waals surface area contributed by atoms with Crippen LogP contribution in [-0.4, -0.2) is 43.2 Å². The number of nitrogens with zero attached hydrogens (tertiary/aromatic N) is 5. The van der Waals surface area contributed by atoms with Crippen LogP contribution in [0, 0.1) is 0 Å². The number of hydrogen-bond donors (Lipinski definition) is 2. The Bertz CT molecular complexity index is 901. The second-order valence-electron chi connectivity index (χ2n) is 6.09. The van der Waals surface area contributed by atoms with E-state index in [-0.39, 0.29) is 11.8 Å². The van der Waals surface area contributed by atoms with Crippen LogP contribution < -0.4 is 10.1 Å². The SMILES string of the molecule is COc1ccc2nc(CNC(=O)C3CCCCn4nnnc43)[nH]c2c1. The van der Waals surface area contributed by atoms with E-state index < -0.39 is 0 Å². The highest BCUT2D eigenvalue weighted by Gasteiger charge is 2.28. The molecule has 1 unspecified atom stereocenters. The molecular formula is C16H19N7O2. The smallest absolute Gasteiger partial charge is 0.231 e. The highest BCUT2D eigenvalue weighted by Crippen LogP contribution is 2.24. The van der Waals surface area contributed by atoms with Gasteiger partial charge in [0, 0.05) is 12.6 Å². The van der Waals surface area contributed by atoms with Gasteiger partial charge in [0.05, 0.1) is 30.6 Å². The lowest BCUT2D eigenvalue weighted by Crippen LogP contribution is -2.30. The molecule has 1 aliphatic rings. The molecule has 0 fully saturated rings. The van der Waals surface area contributed by atoms with Gasteiger partial charge in [-0.15, -0.1) is 5.10 Å². The number of aryl methyl sites for hydroxylation is 1. The summed E-state index contributed by atoms with van der Waals surface area (Å²) in [6.07, 6.45) is 2.70. The molecule has 3 heterocycles. The molecule has 1 aromatic carbocycles. The van der Waals surface area contributed by atoms with Crippen LogP contribution in [0.2, 0.25) is 0 Å². The predicted molar refractivity (Wildman–Crippen MR) is 88.9 cm³/mol. The summed E-state index contributed by atoms with van der Waals surface area (Å²) in [7, 11) is 1.62. The fourth-order valence-electron chi connectivity index (χ4n) is 3.15. The number of hydrogen-bond acceptors (Lipinski definition) is 6. The van der Waals surface area contributed by atoms with Crippen LogP contribution in [0.5, 0.6) is 5.75 Å². The molecule has 0 saturated heterocycles. The summed E-state index contributed by atoms with van der Waals surface area (Å²) in [6.45, 7) is 1.09. The molecule has 2 aromatic heterocycles. The van der Waals surface area contributed by atoms with Crippen LogP contribution in [0.1, 0.15) is 36.8 Å². The Morgan fingerprint density at radius 2 is 2.36 bits per heavy atom. The first kappa shape index (κ1) is 15.6. The molecule has 4 rings (SSSR count). The van der Waals surface area contributed by atoms with E-state index in [0.29, 0.717) is 18.2 Å². The minimum Gasteiger partial charge on any atom is -0.497 e. The summed E-state index contributed by atoms with van der Waals surface area (Å²) in [6, 6.07) is 5.62. The van der Waals surface area contributed by atoms with E-state index in [1.165, 1.54) is 0 Å². The largest absolute Gasteiger partial charge is 0.497 e. The zero-order valence-corrected chi connectivity index (χ0v) is 13.9. The third-order valence-corrected chi connectivity index (χ3v) is 4.47. The van der Waals surface area contributed by atoms with Gasteiger partial charge in [0.1, 0.15) is 11.6 Å². The van der Waals surface area contributed by atoms with Crippen molar-refractivity contribution in [2.24, 2.45) is 0 Å². The van der Waals surface area contributed by atoms with Gasteiger partial charge in [-0.2, -0.15) is 0 Å². The lowest BCUT2D eigenvalue weighted by atomic mass is 10.0. The minimum absolute atomic E-state index is 0.0732. The molecule has 25 heavy (non-hydrogen) atoms. The molecule has 1 atom stereocenters.